The van der Waals surface area contributed by atoms with E-state index in [1.165, 1.54) is 11.8 Å². The molecule has 0 unspecified atom stereocenters. The van der Waals surface area contributed by atoms with Gasteiger partial charge in [0, 0.05) is 12.0 Å². The molecule has 0 aliphatic carbocycles. The van der Waals surface area contributed by atoms with Gasteiger partial charge in [-0.3, -0.25) is 9.59 Å². The van der Waals surface area contributed by atoms with Gasteiger partial charge in [-0.1, -0.05) is 36.9 Å². The number of rotatable bonds is 2. The van der Waals surface area contributed by atoms with Crippen molar-refractivity contribution in [3.05, 3.63) is 35.9 Å². The summed E-state index contributed by atoms with van der Waals surface area (Å²) >= 11 is 1.23. The summed E-state index contributed by atoms with van der Waals surface area (Å²) < 4.78 is 0. The normalized spacial score (nSPS) is 11.1. The topological polar surface area (TPSA) is 58.5 Å². The van der Waals surface area contributed by atoms with E-state index >= 15 is 0 Å². The second-order valence-corrected chi connectivity index (χ2v) is 3.99. The quantitative estimate of drug-likeness (QED) is 0.645. The van der Waals surface area contributed by atoms with Gasteiger partial charge in [0.25, 0.3) is 5.91 Å². The van der Waals surface area contributed by atoms with Gasteiger partial charge in [-0.05, 0) is 18.4 Å². The van der Waals surface area contributed by atoms with E-state index in [0.29, 0.717) is 17.2 Å². The summed E-state index contributed by atoms with van der Waals surface area (Å²) in [4.78, 5) is 26.8. The zero-order valence-electron chi connectivity index (χ0n) is 9.77. The van der Waals surface area contributed by atoms with Crippen molar-refractivity contribution in [1.82, 2.24) is 5.32 Å². The zero-order chi connectivity index (χ0) is 12.7. The largest absolute Gasteiger partial charge is 0.305 e. The highest BCUT2D eigenvalue weighted by atomic mass is 32.2. The smallest absolute Gasteiger partial charge is 0.279 e. The molecule has 17 heavy (non-hydrogen) atoms. The minimum Gasteiger partial charge on any atom is -0.305 e. The molecular formula is C12H14N2O2S. The van der Waals surface area contributed by atoms with Crippen molar-refractivity contribution >= 4 is 28.7 Å². The maximum Gasteiger partial charge on any atom is 0.279 e. The number of amidine groups is 1. The second kappa shape index (κ2) is 6.85. The lowest BCUT2D eigenvalue weighted by Gasteiger charge is -2.03. The Bertz CT molecular complexity index is 429. The van der Waals surface area contributed by atoms with Crippen LogP contribution in [0.1, 0.15) is 23.7 Å². The molecule has 0 bridgehead atoms. The minimum atomic E-state index is -0.355. The molecule has 0 aliphatic rings. The van der Waals surface area contributed by atoms with E-state index < -0.39 is 0 Å². The van der Waals surface area contributed by atoms with Crippen molar-refractivity contribution in [3.63, 3.8) is 0 Å². The van der Waals surface area contributed by atoms with E-state index in [4.69, 9.17) is 0 Å². The van der Waals surface area contributed by atoms with Crippen molar-refractivity contribution in [2.45, 2.75) is 13.3 Å². The molecule has 0 radical (unpaired) electrons. The third-order valence-electron chi connectivity index (χ3n) is 1.98. The molecule has 0 aliphatic heterocycles. The molecule has 1 N–H and O–H groups in total. The van der Waals surface area contributed by atoms with Crippen LogP contribution in [0.4, 0.5) is 0 Å². The van der Waals surface area contributed by atoms with E-state index in [-0.39, 0.29) is 11.8 Å². The van der Waals surface area contributed by atoms with Crippen molar-refractivity contribution < 1.29 is 9.59 Å². The SMILES string of the molecule is CCC(=O)NC(=NC(=O)c1ccccc1)SC. The molecular weight excluding hydrogens is 236 g/mol. The van der Waals surface area contributed by atoms with Crippen LogP contribution in [0.2, 0.25) is 0 Å². The lowest BCUT2D eigenvalue weighted by molar-refractivity contribution is -0.119. The van der Waals surface area contributed by atoms with Crippen LogP contribution in [-0.4, -0.2) is 23.2 Å². The number of amides is 2. The number of nitrogens with zero attached hydrogens (tertiary/aromatic N) is 1. The number of benzene rings is 1. The number of aliphatic imine (C=N–C) groups is 1. The highest BCUT2D eigenvalue weighted by Gasteiger charge is 2.07. The fraction of sp³-hybridized carbons (Fsp3) is 0.250. The summed E-state index contributed by atoms with van der Waals surface area (Å²) in [6.07, 6.45) is 2.12. The highest BCUT2D eigenvalue weighted by Crippen LogP contribution is 2.04. The van der Waals surface area contributed by atoms with Crippen LogP contribution in [0, 0.1) is 0 Å². The lowest BCUT2D eigenvalue weighted by atomic mass is 10.2. The molecule has 5 heteroatoms. The van der Waals surface area contributed by atoms with Gasteiger partial charge in [0.1, 0.15) is 0 Å². The van der Waals surface area contributed by atoms with E-state index in [0.717, 1.165) is 0 Å². The van der Waals surface area contributed by atoms with Crippen LogP contribution in [0.25, 0.3) is 0 Å². The number of hydrogen-bond acceptors (Lipinski definition) is 3. The van der Waals surface area contributed by atoms with Crippen LogP contribution < -0.4 is 5.32 Å². The predicted molar refractivity (Wildman–Crippen MR) is 70.2 cm³/mol. The first-order chi connectivity index (χ1) is 8.17. The standard InChI is InChI=1S/C12H14N2O2S/c1-3-10(15)13-12(17-2)14-11(16)9-7-5-4-6-8-9/h4-8H,3H2,1-2H3,(H,13,14,15,16). The van der Waals surface area contributed by atoms with Crippen LogP contribution in [-0.2, 0) is 4.79 Å². The van der Waals surface area contributed by atoms with Crippen LogP contribution in [0.15, 0.2) is 35.3 Å². The Hall–Kier alpha value is -1.62. The van der Waals surface area contributed by atoms with Gasteiger partial charge in [0.2, 0.25) is 5.91 Å². The van der Waals surface area contributed by atoms with E-state index in [2.05, 4.69) is 10.3 Å². The molecule has 1 rings (SSSR count). The third-order valence-corrected chi connectivity index (χ3v) is 2.56. The fourth-order valence-corrected chi connectivity index (χ4v) is 1.46. The molecule has 2 amide bonds. The Labute approximate surface area is 105 Å². The average Bonchev–Trinajstić information content (AvgIpc) is 2.38. The Morgan fingerprint density at radius 3 is 2.47 bits per heavy atom. The summed E-state index contributed by atoms with van der Waals surface area (Å²) in [6, 6.07) is 8.74. The van der Waals surface area contributed by atoms with Gasteiger partial charge < -0.3 is 5.32 Å². The molecule has 4 nitrogen and oxygen atoms in total. The maximum atomic E-state index is 11.7. The molecule has 0 aromatic heterocycles. The average molecular weight is 250 g/mol. The summed E-state index contributed by atoms with van der Waals surface area (Å²) in [6.45, 7) is 1.74. The predicted octanol–water partition coefficient (Wildman–Crippen LogP) is 2.07. The summed E-state index contributed by atoms with van der Waals surface area (Å²) in [5.74, 6) is -0.509. The second-order valence-electron chi connectivity index (χ2n) is 3.19. The number of carbonyl (C=O) groups is 2. The van der Waals surface area contributed by atoms with E-state index in [9.17, 15) is 9.59 Å². The highest BCUT2D eigenvalue weighted by molar-refractivity contribution is 8.13. The Balaban J connectivity index is 2.78. The first-order valence-electron chi connectivity index (χ1n) is 5.19. The number of thioether (sulfide) groups is 1. The Morgan fingerprint density at radius 2 is 1.94 bits per heavy atom. The minimum absolute atomic E-state index is 0.154. The lowest BCUT2D eigenvalue weighted by Crippen LogP contribution is -2.28. The van der Waals surface area contributed by atoms with Gasteiger partial charge in [0.15, 0.2) is 5.17 Å². The summed E-state index contributed by atoms with van der Waals surface area (Å²) in [5, 5.41) is 2.89. The molecule has 1 aromatic carbocycles. The molecule has 0 saturated carbocycles. The monoisotopic (exact) mass is 250 g/mol. The van der Waals surface area contributed by atoms with E-state index in [1.807, 2.05) is 6.07 Å². The van der Waals surface area contributed by atoms with Gasteiger partial charge in [-0.25, -0.2) is 0 Å². The van der Waals surface area contributed by atoms with Crippen molar-refractivity contribution in [3.8, 4) is 0 Å². The first kappa shape index (κ1) is 13.4. The van der Waals surface area contributed by atoms with Gasteiger partial charge in [-0.15, -0.1) is 0 Å². The van der Waals surface area contributed by atoms with Gasteiger partial charge >= 0.3 is 0 Å². The molecule has 0 spiro atoms. The van der Waals surface area contributed by atoms with Crippen LogP contribution >= 0.6 is 11.8 Å². The third kappa shape index (κ3) is 4.40. The van der Waals surface area contributed by atoms with Crippen molar-refractivity contribution in [1.29, 1.82) is 0 Å². The number of hydrogen-bond donors (Lipinski definition) is 1. The van der Waals surface area contributed by atoms with Crippen molar-refractivity contribution in [2.75, 3.05) is 6.26 Å². The fourth-order valence-electron chi connectivity index (χ4n) is 1.07. The molecule has 0 heterocycles. The van der Waals surface area contributed by atoms with Crippen LogP contribution in [0.3, 0.4) is 0 Å². The van der Waals surface area contributed by atoms with Crippen LogP contribution in [0.5, 0.6) is 0 Å². The molecule has 0 fully saturated rings. The summed E-state index contributed by atoms with van der Waals surface area (Å²) in [5.41, 5.74) is 0.504. The van der Waals surface area contributed by atoms with Gasteiger partial charge in [-0.2, -0.15) is 4.99 Å². The van der Waals surface area contributed by atoms with E-state index in [1.54, 1.807) is 37.4 Å². The first-order valence-corrected chi connectivity index (χ1v) is 6.41. The maximum absolute atomic E-state index is 11.7. The molecule has 0 saturated heterocycles. The number of nitrogens with one attached hydrogen (secondary N) is 1. The Morgan fingerprint density at radius 1 is 1.29 bits per heavy atom. The summed E-state index contributed by atoms with van der Waals surface area (Å²) in [7, 11) is 0. The molecule has 90 valence electrons. The number of carbonyl (C=O) groups excluding carboxylic acids is 2. The molecule has 1 aromatic rings. The van der Waals surface area contributed by atoms with Crippen molar-refractivity contribution in [2.24, 2.45) is 4.99 Å². The zero-order valence-corrected chi connectivity index (χ0v) is 10.6. The van der Waals surface area contributed by atoms with Gasteiger partial charge in [0.05, 0.1) is 0 Å². The Kier molecular flexibility index (Phi) is 5.42. The molecule has 0 atom stereocenters.